The van der Waals surface area contributed by atoms with Gasteiger partial charge in [0.2, 0.25) is 5.88 Å². The van der Waals surface area contributed by atoms with E-state index < -0.39 is 0 Å². The van der Waals surface area contributed by atoms with Crippen molar-refractivity contribution in [2.45, 2.75) is 0 Å². The van der Waals surface area contributed by atoms with E-state index >= 15 is 0 Å². The second-order valence-electron chi connectivity index (χ2n) is 3.43. The molecule has 1 aromatic carbocycles. The third-order valence-corrected chi connectivity index (χ3v) is 3.03. The molecule has 0 bridgehead atoms. The highest BCUT2D eigenvalue weighted by Crippen LogP contribution is 2.34. The van der Waals surface area contributed by atoms with Gasteiger partial charge in [0.15, 0.2) is 0 Å². The highest BCUT2D eigenvalue weighted by Gasteiger charge is 2.08. The fourth-order valence-corrected chi connectivity index (χ4v) is 1.88. The van der Waals surface area contributed by atoms with Crippen LogP contribution in [0, 0.1) is 0 Å². The van der Waals surface area contributed by atoms with Crippen molar-refractivity contribution in [2.75, 3.05) is 12.8 Å². The van der Waals surface area contributed by atoms with Gasteiger partial charge in [0.1, 0.15) is 16.7 Å². The number of rotatable bonds is 3. The first-order chi connectivity index (χ1) is 8.60. The number of aromatic nitrogens is 1. The van der Waals surface area contributed by atoms with E-state index in [0.29, 0.717) is 16.6 Å². The van der Waals surface area contributed by atoms with Gasteiger partial charge in [0.05, 0.1) is 17.3 Å². The Balaban J connectivity index is 2.31. The number of nitrogen functional groups attached to an aromatic ring is 1. The van der Waals surface area contributed by atoms with Crippen LogP contribution in [0.25, 0.3) is 0 Å². The zero-order valence-electron chi connectivity index (χ0n) is 9.48. The van der Waals surface area contributed by atoms with E-state index in [-0.39, 0.29) is 5.88 Å². The Hall–Kier alpha value is -1.46. The minimum atomic E-state index is 0.272. The molecule has 0 aliphatic heterocycles. The van der Waals surface area contributed by atoms with Crippen LogP contribution in [0.15, 0.2) is 34.8 Å². The van der Waals surface area contributed by atoms with Crippen LogP contribution in [0.4, 0.5) is 5.69 Å². The van der Waals surface area contributed by atoms with E-state index in [4.69, 9.17) is 26.8 Å². The summed E-state index contributed by atoms with van der Waals surface area (Å²) in [7, 11) is 1.60. The molecule has 0 aliphatic carbocycles. The lowest BCUT2D eigenvalue weighted by molar-refractivity contribution is 0.411. The summed E-state index contributed by atoms with van der Waals surface area (Å²) in [5.41, 5.74) is 6.18. The number of anilines is 1. The predicted octanol–water partition coefficient (Wildman–Crippen LogP) is 3.88. The van der Waals surface area contributed by atoms with E-state index in [0.717, 1.165) is 10.2 Å². The average Bonchev–Trinajstić information content (AvgIpc) is 2.36. The van der Waals surface area contributed by atoms with Gasteiger partial charge in [-0.15, -0.1) is 0 Å². The highest BCUT2D eigenvalue weighted by atomic mass is 79.9. The molecule has 94 valence electrons. The van der Waals surface area contributed by atoms with Gasteiger partial charge in [0, 0.05) is 0 Å². The minimum Gasteiger partial charge on any atom is -0.497 e. The lowest BCUT2D eigenvalue weighted by atomic mass is 10.3. The van der Waals surface area contributed by atoms with Crippen molar-refractivity contribution in [2.24, 2.45) is 0 Å². The van der Waals surface area contributed by atoms with Crippen LogP contribution in [0.5, 0.6) is 17.4 Å². The maximum absolute atomic E-state index is 5.79. The molecule has 2 rings (SSSR count). The number of halogens is 2. The fraction of sp³-hybridized carbons (Fsp3) is 0.0833. The normalized spacial score (nSPS) is 10.2. The van der Waals surface area contributed by atoms with Crippen molar-refractivity contribution in [3.8, 4) is 17.4 Å². The standard InChI is InChI=1S/C12H10BrClN2O2/c1-17-7-2-4-10(8(13)6-7)18-12-9(15)3-5-11(14)16-12/h2-6H,15H2,1H3. The monoisotopic (exact) mass is 328 g/mol. The number of benzene rings is 1. The topological polar surface area (TPSA) is 57.4 Å². The van der Waals surface area contributed by atoms with Crippen LogP contribution in [0.1, 0.15) is 0 Å². The molecule has 0 radical (unpaired) electrons. The van der Waals surface area contributed by atoms with Crippen molar-refractivity contribution >= 4 is 33.2 Å². The first-order valence-corrected chi connectivity index (χ1v) is 6.20. The maximum atomic E-state index is 5.79. The Morgan fingerprint density at radius 1 is 1.28 bits per heavy atom. The molecule has 4 nitrogen and oxygen atoms in total. The predicted molar refractivity (Wildman–Crippen MR) is 74.4 cm³/mol. The first kappa shape index (κ1) is 13.0. The summed E-state index contributed by atoms with van der Waals surface area (Å²) < 4.78 is 11.4. The highest BCUT2D eigenvalue weighted by molar-refractivity contribution is 9.10. The number of hydrogen-bond acceptors (Lipinski definition) is 4. The molecule has 0 aliphatic rings. The summed E-state index contributed by atoms with van der Waals surface area (Å²) in [5.74, 6) is 1.58. The smallest absolute Gasteiger partial charge is 0.244 e. The van der Waals surface area contributed by atoms with Crippen LogP contribution in [0.3, 0.4) is 0 Å². The first-order valence-electron chi connectivity index (χ1n) is 5.03. The number of ether oxygens (including phenoxy) is 2. The molecule has 0 atom stereocenters. The Morgan fingerprint density at radius 2 is 2.06 bits per heavy atom. The van der Waals surface area contributed by atoms with Crippen molar-refractivity contribution in [1.29, 1.82) is 0 Å². The summed E-state index contributed by atoms with van der Waals surface area (Å²) in [5, 5.41) is 0.323. The van der Waals surface area contributed by atoms with Gasteiger partial charge in [-0.25, -0.2) is 0 Å². The number of hydrogen-bond donors (Lipinski definition) is 1. The van der Waals surface area contributed by atoms with Gasteiger partial charge < -0.3 is 15.2 Å². The maximum Gasteiger partial charge on any atom is 0.244 e. The van der Waals surface area contributed by atoms with Gasteiger partial charge in [-0.2, -0.15) is 4.98 Å². The summed E-state index contributed by atoms with van der Waals surface area (Å²) in [6.07, 6.45) is 0. The number of nitrogens with zero attached hydrogens (tertiary/aromatic N) is 1. The number of methoxy groups -OCH3 is 1. The molecule has 0 spiro atoms. The van der Waals surface area contributed by atoms with Gasteiger partial charge in [-0.05, 0) is 46.3 Å². The Bertz CT molecular complexity index is 578. The van der Waals surface area contributed by atoms with E-state index in [1.54, 1.807) is 37.4 Å². The number of nitrogens with two attached hydrogens (primary N) is 1. The fourth-order valence-electron chi connectivity index (χ4n) is 1.31. The molecule has 6 heteroatoms. The van der Waals surface area contributed by atoms with Gasteiger partial charge in [-0.3, -0.25) is 0 Å². The molecule has 0 unspecified atom stereocenters. The summed E-state index contributed by atoms with van der Waals surface area (Å²) >= 11 is 9.17. The van der Waals surface area contributed by atoms with Crippen molar-refractivity contribution in [3.63, 3.8) is 0 Å². The lowest BCUT2D eigenvalue weighted by Crippen LogP contribution is -1.95. The van der Waals surface area contributed by atoms with E-state index in [1.165, 1.54) is 0 Å². The Labute approximate surface area is 118 Å². The molecule has 0 fully saturated rings. The largest absolute Gasteiger partial charge is 0.497 e. The van der Waals surface area contributed by atoms with Crippen molar-refractivity contribution in [3.05, 3.63) is 40.0 Å². The van der Waals surface area contributed by atoms with Gasteiger partial charge in [-0.1, -0.05) is 11.6 Å². The molecule has 1 heterocycles. The van der Waals surface area contributed by atoms with Crippen LogP contribution in [-0.4, -0.2) is 12.1 Å². The summed E-state index contributed by atoms with van der Waals surface area (Å²) in [6.45, 7) is 0. The quantitative estimate of drug-likeness (QED) is 0.868. The number of pyridine rings is 1. The zero-order valence-corrected chi connectivity index (χ0v) is 11.8. The Morgan fingerprint density at radius 3 is 2.72 bits per heavy atom. The molecule has 2 N–H and O–H groups in total. The van der Waals surface area contributed by atoms with E-state index in [9.17, 15) is 0 Å². The van der Waals surface area contributed by atoms with Crippen LogP contribution in [-0.2, 0) is 0 Å². The second-order valence-corrected chi connectivity index (χ2v) is 4.67. The molecule has 1 aromatic heterocycles. The molecular formula is C12H10BrClN2O2. The molecule has 0 saturated heterocycles. The second kappa shape index (κ2) is 5.46. The summed E-state index contributed by atoms with van der Waals surface area (Å²) in [6, 6.07) is 8.57. The lowest BCUT2D eigenvalue weighted by Gasteiger charge is -2.10. The third kappa shape index (κ3) is 2.86. The van der Waals surface area contributed by atoms with Crippen LogP contribution >= 0.6 is 27.5 Å². The minimum absolute atomic E-state index is 0.272. The molecule has 0 amide bonds. The van der Waals surface area contributed by atoms with Gasteiger partial charge in [0.25, 0.3) is 0 Å². The third-order valence-electron chi connectivity index (χ3n) is 2.20. The van der Waals surface area contributed by atoms with Crippen LogP contribution in [0.2, 0.25) is 5.15 Å². The Kier molecular flexibility index (Phi) is 3.93. The van der Waals surface area contributed by atoms with Gasteiger partial charge >= 0.3 is 0 Å². The zero-order chi connectivity index (χ0) is 13.1. The molecular weight excluding hydrogens is 320 g/mol. The summed E-state index contributed by atoms with van der Waals surface area (Å²) in [4.78, 5) is 4.02. The molecule has 2 aromatic rings. The molecule has 18 heavy (non-hydrogen) atoms. The van der Waals surface area contributed by atoms with Crippen molar-refractivity contribution in [1.82, 2.24) is 4.98 Å². The molecule has 0 saturated carbocycles. The average molecular weight is 330 g/mol. The SMILES string of the molecule is COc1ccc(Oc2nc(Cl)ccc2N)c(Br)c1. The van der Waals surface area contributed by atoms with Crippen molar-refractivity contribution < 1.29 is 9.47 Å². The van der Waals surface area contributed by atoms with E-state index in [1.807, 2.05) is 0 Å². The van der Waals surface area contributed by atoms with Crippen LogP contribution < -0.4 is 15.2 Å². The van der Waals surface area contributed by atoms with E-state index in [2.05, 4.69) is 20.9 Å².